The number of aryl methyl sites for hydroxylation is 1. The third-order valence-corrected chi connectivity index (χ3v) is 5.10. The van der Waals surface area contributed by atoms with Gasteiger partial charge in [0.05, 0.1) is 24.7 Å². The van der Waals surface area contributed by atoms with E-state index in [0.29, 0.717) is 0 Å². The number of ether oxygens (including phenoxy) is 2. The van der Waals surface area contributed by atoms with E-state index in [9.17, 15) is 0 Å². The van der Waals surface area contributed by atoms with Crippen molar-refractivity contribution in [2.45, 2.75) is 13.0 Å². The molecular formula is C16H17Br2NO2. The largest absolute Gasteiger partial charge is 0.496 e. The molecule has 0 aliphatic heterocycles. The van der Waals surface area contributed by atoms with Gasteiger partial charge in [0.1, 0.15) is 11.5 Å². The highest BCUT2D eigenvalue weighted by Crippen LogP contribution is 2.39. The summed E-state index contributed by atoms with van der Waals surface area (Å²) in [5.41, 5.74) is 9.49. The van der Waals surface area contributed by atoms with Gasteiger partial charge in [-0.15, -0.1) is 0 Å². The predicted molar refractivity (Wildman–Crippen MR) is 92.2 cm³/mol. The lowest BCUT2D eigenvalue weighted by Gasteiger charge is -2.20. The van der Waals surface area contributed by atoms with Gasteiger partial charge in [-0.25, -0.2) is 0 Å². The summed E-state index contributed by atoms with van der Waals surface area (Å²) < 4.78 is 12.7. The summed E-state index contributed by atoms with van der Waals surface area (Å²) in [5, 5.41) is 0. The Morgan fingerprint density at radius 3 is 2.29 bits per heavy atom. The summed E-state index contributed by atoms with van der Waals surface area (Å²) in [6.45, 7) is 2.04. The zero-order valence-corrected chi connectivity index (χ0v) is 15.3. The van der Waals surface area contributed by atoms with Gasteiger partial charge >= 0.3 is 0 Å². The molecule has 5 heteroatoms. The molecule has 2 aromatic rings. The minimum absolute atomic E-state index is 0.309. The van der Waals surface area contributed by atoms with Crippen LogP contribution in [0.2, 0.25) is 0 Å². The number of hydrogen-bond acceptors (Lipinski definition) is 3. The molecule has 0 spiro atoms. The molecule has 0 saturated heterocycles. The average Bonchev–Trinajstić information content (AvgIpc) is 2.49. The topological polar surface area (TPSA) is 44.5 Å². The van der Waals surface area contributed by atoms with Crippen LogP contribution in [-0.2, 0) is 0 Å². The number of methoxy groups -OCH3 is 2. The van der Waals surface area contributed by atoms with Crippen molar-refractivity contribution in [2.75, 3.05) is 14.2 Å². The van der Waals surface area contributed by atoms with Gasteiger partial charge in [0.2, 0.25) is 0 Å². The number of rotatable bonds is 4. The molecule has 112 valence electrons. The molecule has 0 heterocycles. The zero-order valence-electron chi connectivity index (χ0n) is 12.1. The standard InChI is InChI=1S/C16H17Br2NO2/c1-9-5-4-6-10(15(9)18)16(19)11-7-14(21-3)12(17)8-13(11)20-2/h4-8,16H,19H2,1-3H3. The molecule has 0 saturated carbocycles. The van der Waals surface area contributed by atoms with E-state index in [4.69, 9.17) is 15.2 Å². The van der Waals surface area contributed by atoms with Crippen LogP contribution in [0.1, 0.15) is 22.7 Å². The lowest BCUT2D eigenvalue weighted by atomic mass is 9.97. The molecule has 1 unspecified atom stereocenters. The average molecular weight is 415 g/mol. The fourth-order valence-electron chi connectivity index (χ4n) is 2.20. The third kappa shape index (κ3) is 3.25. The summed E-state index contributed by atoms with van der Waals surface area (Å²) in [6, 6.07) is 9.52. The van der Waals surface area contributed by atoms with Gasteiger partial charge < -0.3 is 15.2 Å². The Balaban J connectivity index is 2.56. The molecule has 0 bridgehead atoms. The van der Waals surface area contributed by atoms with Gasteiger partial charge in [0.25, 0.3) is 0 Å². The zero-order chi connectivity index (χ0) is 15.6. The monoisotopic (exact) mass is 413 g/mol. The second-order valence-electron chi connectivity index (χ2n) is 4.68. The van der Waals surface area contributed by atoms with E-state index in [1.165, 1.54) is 0 Å². The van der Waals surface area contributed by atoms with Crippen LogP contribution in [0.3, 0.4) is 0 Å². The molecule has 0 amide bonds. The summed E-state index contributed by atoms with van der Waals surface area (Å²) in [4.78, 5) is 0. The van der Waals surface area contributed by atoms with Gasteiger partial charge in [-0.2, -0.15) is 0 Å². The van der Waals surface area contributed by atoms with Crippen molar-refractivity contribution in [1.82, 2.24) is 0 Å². The Morgan fingerprint density at radius 2 is 1.67 bits per heavy atom. The van der Waals surface area contributed by atoms with E-state index in [2.05, 4.69) is 31.9 Å². The normalized spacial score (nSPS) is 12.1. The van der Waals surface area contributed by atoms with Crippen LogP contribution in [0.15, 0.2) is 39.3 Å². The summed E-state index contributed by atoms with van der Waals surface area (Å²) in [7, 11) is 3.26. The van der Waals surface area contributed by atoms with Crippen molar-refractivity contribution in [3.63, 3.8) is 0 Å². The van der Waals surface area contributed by atoms with Crippen molar-refractivity contribution >= 4 is 31.9 Å². The van der Waals surface area contributed by atoms with Crippen LogP contribution >= 0.6 is 31.9 Å². The first-order chi connectivity index (χ1) is 9.99. The highest BCUT2D eigenvalue weighted by molar-refractivity contribution is 9.10. The Hall–Kier alpha value is -1.04. The first kappa shape index (κ1) is 16.3. The van der Waals surface area contributed by atoms with E-state index < -0.39 is 0 Å². The molecule has 0 aromatic heterocycles. The third-order valence-electron chi connectivity index (χ3n) is 3.40. The molecular weight excluding hydrogens is 398 g/mol. The van der Waals surface area contributed by atoms with Crippen molar-refractivity contribution in [2.24, 2.45) is 5.73 Å². The van der Waals surface area contributed by atoms with E-state index in [0.717, 1.165) is 37.1 Å². The minimum atomic E-state index is -0.309. The van der Waals surface area contributed by atoms with Crippen LogP contribution in [0.5, 0.6) is 11.5 Å². The van der Waals surface area contributed by atoms with Crippen molar-refractivity contribution in [3.8, 4) is 11.5 Å². The van der Waals surface area contributed by atoms with Gasteiger partial charge in [-0.1, -0.05) is 34.1 Å². The van der Waals surface area contributed by atoms with E-state index in [1.807, 2.05) is 37.3 Å². The second-order valence-corrected chi connectivity index (χ2v) is 6.33. The summed E-state index contributed by atoms with van der Waals surface area (Å²) >= 11 is 7.07. The Morgan fingerprint density at radius 1 is 1.00 bits per heavy atom. The molecule has 2 aromatic carbocycles. The summed E-state index contributed by atoms with van der Waals surface area (Å²) in [5.74, 6) is 1.45. The van der Waals surface area contributed by atoms with E-state index in [1.54, 1.807) is 14.2 Å². The fraction of sp³-hybridized carbons (Fsp3) is 0.250. The molecule has 0 aliphatic carbocycles. The highest BCUT2D eigenvalue weighted by Gasteiger charge is 2.19. The molecule has 0 fully saturated rings. The quantitative estimate of drug-likeness (QED) is 0.795. The smallest absolute Gasteiger partial charge is 0.133 e. The molecule has 0 aliphatic rings. The second kappa shape index (κ2) is 6.81. The van der Waals surface area contributed by atoms with Gasteiger partial charge in [-0.3, -0.25) is 0 Å². The van der Waals surface area contributed by atoms with Crippen LogP contribution in [0, 0.1) is 6.92 Å². The fourth-order valence-corrected chi connectivity index (χ4v) is 3.20. The number of nitrogens with two attached hydrogens (primary N) is 1. The van der Waals surface area contributed by atoms with E-state index in [-0.39, 0.29) is 6.04 Å². The van der Waals surface area contributed by atoms with Gasteiger partial charge in [0, 0.05) is 10.0 Å². The molecule has 0 radical (unpaired) electrons. The Labute approximate surface area is 141 Å². The molecule has 3 nitrogen and oxygen atoms in total. The maximum absolute atomic E-state index is 6.46. The lowest BCUT2D eigenvalue weighted by Crippen LogP contribution is -2.14. The first-order valence-electron chi connectivity index (χ1n) is 6.41. The SMILES string of the molecule is COc1cc(C(N)c2cccc(C)c2Br)c(OC)cc1Br. The maximum Gasteiger partial charge on any atom is 0.133 e. The summed E-state index contributed by atoms with van der Waals surface area (Å²) in [6.07, 6.45) is 0. The molecule has 21 heavy (non-hydrogen) atoms. The first-order valence-corrected chi connectivity index (χ1v) is 8.00. The van der Waals surface area contributed by atoms with Crippen molar-refractivity contribution < 1.29 is 9.47 Å². The molecule has 1 atom stereocenters. The van der Waals surface area contributed by atoms with Crippen LogP contribution in [0.4, 0.5) is 0 Å². The molecule has 2 N–H and O–H groups in total. The minimum Gasteiger partial charge on any atom is -0.496 e. The van der Waals surface area contributed by atoms with E-state index >= 15 is 0 Å². The van der Waals surface area contributed by atoms with Crippen LogP contribution in [0.25, 0.3) is 0 Å². The van der Waals surface area contributed by atoms with Crippen LogP contribution in [-0.4, -0.2) is 14.2 Å². The predicted octanol–water partition coefficient (Wildman–Crippen LogP) is 4.59. The van der Waals surface area contributed by atoms with Gasteiger partial charge in [-0.05, 0) is 46.1 Å². The number of halogens is 2. The lowest BCUT2D eigenvalue weighted by molar-refractivity contribution is 0.395. The Kier molecular flexibility index (Phi) is 5.30. The van der Waals surface area contributed by atoms with Gasteiger partial charge in [0.15, 0.2) is 0 Å². The van der Waals surface area contributed by atoms with Crippen molar-refractivity contribution in [3.05, 3.63) is 56.0 Å². The maximum atomic E-state index is 6.46. The van der Waals surface area contributed by atoms with Crippen molar-refractivity contribution in [1.29, 1.82) is 0 Å². The highest BCUT2D eigenvalue weighted by atomic mass is 79.9. The Bertz CT molecular complexity index is 659. The molecule has 2 rings (SSSR count). The number of benzene rings is 2. The van der Waals surface area contributed by atoms with Crippen LogP contribution < -0.4 is 15.2 Å². The number of hydrogen-bond donors (Lipinski definition) is 1.